The Morgan fingerprint density at radius 3 is 2.89 bits per heavy atom. The third-order valence-electron chi connectivity index (χ3n) is 3.84. The van der Waals surface area contributed by atoms with E-state index in [2.05, 4.69) is 0 Å². The molecular weight excluding hydrogens is 228 g/mol. The summed E-state index contributed by atoms with van der Waals surface area (Å²) in [5.74, 6) is 0.379. The highest BCUT2D eigenvalue weighted by Crippen LogP contribution is 2.32. The van der Waals surface area contributed by atoms with Crippen molar-refractivity contribution in [1.29, 1.82) is 0 Å². The molecule has 18 heavy (non-hydrogen) atoms. The molecule has 0 spiro atoms. The fourth-order valence-corrected chi connectivity index (χ4v) is 2.82. The van der Waals surface area contributed by atoms with Crippen LogP contribution in [0.2, 0.25) is 0 Å². The van der Waals surface area contributed by atoms with Crippen LogP contribution in [0.3, 0.4) is 0 Å². The number of carbonyl (C=O) groups is 1. The van der Waals surface area contributed by atoms with E-state index in [0.29, 0.717) is 13.2 Å². The van der Waals surface area contributed by atoms with E-state index in [1.165, 1.54) is 5.56 Å². The van der Waals surface area contributed by atoms with E-state index >= 15 is 0 Å². The Labute approximate surface area is 107 Å². The van der Waals surface area contributed by atoms with Crippen LogP contribution in [0, 0.1) is 5.92 Å². The minimum atomic E-state index is 0.127. The number of ether oxygens (including phenoxy) is 1. The van der Waals surface area contributed by atoms with Crippen LogP contribution in [0.15, 0.2) is 18.2 Å². The first-order valence-corrected chi connectivity index (χ1v) is 6.53. The summed E-state index contributed by atoms with van der Waals surface area (Å²) in [6.45, 7) is 2.20. The van der Waals surface area contributed by atoms with E-state index in [-0.39, 0.29) is 11.8 Å². The molecule has 3 rings (SSSR count). The van der Waals surface area contributed by atoms with Crippen LogP contribution in [0.4, 0.5) is 11.4 Å². The molecule has 1 amide bonds. The molecule has 2 aliphatic heterocycles. The molecule has 0 saturated carbocycles. The largest absolute Gasteiger partial charge is 0.399 e. The summed E-state index contributed by atoms with van der Waals surface area (Å²) in [6.07, 6.45) is 2.61. The number of hydrogen-bond acceptors (Lipinski definition) is 3. The summed E-state index contributed by atoms with van der Waals surface area (Å²) in [5, 5.41) is 0. The predicted molar refractivity (Wildman–Crippen MR) is 70.5 cm³/mol. The van der Waals surface area contributed by atoms with Gasteiger partial charge in [-0.15, -0.1) is 0 Å². The summed E-state index contributed by atoms with van der Waals surface area (Å²) in [6, 6.07) is 5.82. The molecule has 2 heterocycles. The fourth-order valence-electron chi connectivity index (χ4n) is 2.82. The van der Waals surface area contributed by atoms with Gasteiger partial charge in [0.15, 0.2) is 0 Å². The summed E-state index contributed by atoms with van der Waals surface area (Å²) in [7, 11) is 0. The molecule has 0 atom stereocenters. The van der Waals surface area contributed by atoms with Crippen molar-refractivity contribution in [1.82, 2.24) is 0 Å². The number of rotatable bonds is 1. The molecule has 1 aromatic rings. The molecule has 4 nitrogen and oxygen atoms in total. The lowest BCUT2D eigenvalue weighted by molar-refractivity contribution is -0.125. The van der Waals surface area contributed by atoms with Gasteiger partial charge in [0.1, 0.15) is 0 Å². The third kappa shape index (κ3) is 1.97. The van der Waals surface area contributed by atoms with E-state index in [0.717, 1.165) is 37.2 Å². The van der Waals surface area contributed by atoms with Gasteiger partial charge in [-0.05, 0) is 43.0 Å². The van der Waals surface area contributed by atoms with Crippen molar-refractivity contribution in [2.24, 2.45) is 5.92 Å². The number of nitrogens with zero attached hydrogens (tertiary/aromatic N) is 1. The number of nitrogen functional groups attached to an aromatic ring is 1. The average molecular weight is 246 g/mol. The van der Waals surface area contributed by atoms with Gasteiger partial charge in [-0.1, -0.05) is 0 Å². The quantitative estimate of drug-likeness (QED) is 0.765. The van der Waals surface area contributed by atoms with Crippen LogP contribution in [0.25, 0.3) is 0 Å². The highest BCUT2D eigenvalue weighted by atomic mass is 16.5. The van der Waals surface area contributed by atoms with Crippen molar-refractivity contribution in [3.8, 4) is 0 Å². The Hall–Kier alpha value is -1.55. The van der Waals surface area contributed by atoms with Gasteiger partial charge < -0.3 is 15.4 Å². The zero-order valence-electron chi connectivity index (χ0n) is 10.4. The monoisotopic (exact) mass is 246 g/mol. The van der Waals surface area contributed by atoms with E-state index in [9.17, 15) is 4.79 Å². The van der Waals surface area contributed by atoms with Crippen molar-refractivity contribution < 1.29 is 9.53 Å². The zero-order valence-corrected chi connectivity index (χ0v) is 10.4. The number of hydrogen-bond donors (Lipinski definition) is 1. The standard InChI is InChI=1S/C14H18N2O2/c15-12-1-2-13-11(9-12)3-6-16(13)14(17)10-4-7-18-8-5-10/h1-2,9-10H,3-8,15H2. The molecule has 0 aromatic heterocycles. The van der Waals surface area contributed by atoms with Crippen molar-refractivity contribution in [3.05, 3.63) is 23.8 Å². The lowest BCUT2D eigenvalue weighted by Crippen LogP contribution is -2.37. The number of carbonyl (C=O) groups excluding carboxylic acids is 1. The third-order valence-corrected chi connectivity index (χ3v) is 3.84. The van der Waals surface area contributed by atoms with Crippen LogP contribution >= 0.6 is 0 Å². The van der Waals surface area contributed by atoms with Gasteiger partial charge in [-0.25, -0.2) is 0 Å². The SMILES string of the molecule is Nc1ccc2c(c1)CCN2C(=O)C1CCOCC1. The molecule has 96 valence electrons. The van der Waals surface area contributed by atoms with Crippen molar-refractivity contribution >= 4 is 17.3 Å². The highest BCUT2D eigenvalue weighted by molar-refractivity contribution is 5.97. The number of anilines is 2. The predicted octanol–water partition coefficient (Wildman–Crippen LogP) is 1.58. The van der Waals surface area contributed by atoms with Gasteiger partial charge in [0.2, 0.25) is 5.91 Å². The highest BCUT2D eigenvalue weighted by Gasteiger charge is 2.31. The summed E-state index contributed by atoms with van der Waals surface area (Å²) in [4.78, 5) is 14.4. The first-order chi connectivity index (χ1) is 8.75. The second-order valence-electron chi connectivity index (χ2n) is 5.01. The molecule has 2 N–H and O–H groups in total. The molecule has 0 bridgehead atoms. The van der Waals surface area contributed by atoms with E-state index in [1.807, 2.05) is 23.1 Å². The Kier molecular flexibility index (Phi) is 2.96. The van der Waals surface area contributed by atoms with Crippen molar-refractivity contribution in [3.63, 3.8) is 0 Å². The number of fused-ring (bicyclic) bond motifs is 1. The molecule has 0 aliphatic carbocycles. The topological polar surface area (TPSA) is 55.6 Å². The second kappa shape index (κ2) is 4.61. The van der Waals surface area contributed by atoms with E-state index in [1.54, 1.807) is 0 Å². The molecule has 1 fully saturated rings. The Balaban J connectivity index is 1.80. The van der Waals surface area contributed by atoms with E-state index in [4.69, 9.17) is 10.5 Å². The normalized spacial score (nSPS) is 19.9. The minimum absolute atomic E-state index is 0.127. The Morgan fingerprint density at radius 2 is 2.11 bits per heavy atom. The van der Waals surface area contributed by atoms with Crippen LogP contribution in [0.1, 0.15) is 18.4 Å². The van der Waals surface area contributed by atoms with Gasteiger partial charge in [-0.2, -0.15) is 0 Å². The van der Waals surface area contributed by atoms with Crippen molar-refractivity contribution in [2.45, 2.75) is 19.3 Å². The second-order valence-corrected chi connectivity index (χ2v) is 5.01. The average Bonchev–Trinajstić information content (AvgIpc) is 2.81. The van der Waals surface area contributed by atoms with Gasteiger partial charge >= 0.3 is 0 Å². The zero-order chi connectivity index (χ0) is 12.5. The fraction of sp³-hybridized carbons (Fsp3) is 0.500. The van der Waals surface area contributed by atoms with Gasteiger partial charge in [0.05, 0.1) is 0 Å². The lowest BCUT2D eigenvalue weighted by Gasteiger charge is -2.26. The van der Waals surface area contributed by atoms with Crippen LogP contribution in [-0.2, 0) is 16.0 Å². The van der Waals surface area contributed by atoms with Crippen LogP contribution < -0.4 is 10.6 Å². The first kappa shape index (κ1) is 11.5. The number of nitrogens with two attached hydrogens (primary N) is 1. The molecule has 4 heteroatoms. The molecule has 0 radical (unpaired) electrons. The molecule has 1 aromatic carbocycles. The van der Waals surface area contributed by atoms with Crippen LogP contribution in [0.5, 0.6) is 0 Å². The molecule has 1 saturated heterocycles. The first-order valence-electron chi connectivity index (χ1n) is 6.53. The van der Waals surface area contributed by atoms with Crippen LogP contribution in [-0.4, -0.2) is 25.7 Å². The molecule has 2 aliphatic rings. The Bertz CT molecular complexity index is 467. The maximum Gasteiger partial charge on any atom is 0.230 e. The Morgan fingerprint density at radius 1 is 1.33 bits per heavy atom. The molecular formula is C14H18N2O2. The van der Waals surface area contributed by atoms with Gasteiger partial charge in [0.25, 0.3) is 0 Å². The smallest absolute Gasteiger partial charge is 0.230 e. The number of amides is 1. The van der Waals surface area contributed by atoms with Gasteiger partial charge in [0, 0.05) is 37.1 Å². The van der Waals surface area contributed by atoms with E-state index < -0.39 is 0 Å². The maximum absolute atomic E-state index is 12.5. The van der Waals surface area contributed by atoms with Crippen molar-refractivity contribution in [2.75, 3.05) is 30.4 Å². The lowest BCUT2D eigenvalue weighted by atomic mass is 9.98. The minimum Gasteiger partial charge on any atom is -0.399 e. The number of benzene rings is 1. The summed E-state index contributed by atoms with van der Waals surface area (Å²) in [5.41, 5.74) is 8.78. The van der Waals surface area contributed by atoms with Gasteiger partial charge in [-0.3, -0.25) is 4.79 Å². The summed E-state index contributed by atoms with van der Waals surface area (Å²) < 4.78 is 5.31. The molecule has 0 unspecified atom stereocenters. The maximum atomic E-state index is 12.5. The summed E-state index contributed by atoms with van der Waals surface area (Å²) >= 11 is 0.